The number of H-pyrrole nitrogens is 1. The van der Waals surface area contributed by atoms with Gasteiger partial charge in [-0.25, -0.2) is 9.18 Å². The number of aromatic amines is 1. The summed E-state index contributed by atoms with van der Waals surface area (Å²) in [6, 6.07) is 13.0. The highest BCUT2D eigenvalue weighted by molar-refractivity contribution is 5.97. The molecule has 0 fully saturated rings. The van der Waals surface area contributed by atoms with Crippen LogP contribution in [0.2, 0.25) is 0 Å². The molecule has 5 atom stereocenters. The number of urea groups is 1. The Labute approximate surface area is 324 Å². The van der Waals surface area contributed by atoms with Crippen molar-refractivity contribution in [3.63, 3.8) is 0 Å². The third kappa shape index (κ3) is 10.0. The van der Waals surface area contributed by atoms with Gasteiger partial charge in [0.25, 0.3) is 0 Å². The minimum absolute atomic E-state index is 0.0161. The van der Waals surface area contributed by atoms with E-state index in [4.69, 9.17) is 0 Å². The molecule has 56 heavy (non-hydrogen) atoms. The van der Waals surface area contributed by atoms with Crippen molar-refractivity contribution in [1.29, 1.82) is 0 Å². The summed E-state index contributed by atoms with van der Waals surface area (Å²) < 4.78 is 56.7. The van der Waals surface area contributed by atoms with E-state index in [9.17, 15) is 36.7 Å². The zero-order chi connectivity index (χ0) is 40.6. The van der Waals surface area contributed by atoms with Gasteiger partial charge in [-0.15, -0.1) is 0 Å². The number of carbonyl (C=O) groups excluding carboxylic acids is 4. The monoisotopic (exact) mass is 777 g/mol. The Kier molecular flexibility index (Phi) is 13.7. The number of benzene rings is 2. The lowest BCUT2D eigenvalue weighted by Crippen LogP contribution is -2.60. The molecule has 2 heterocycles. The highest BCUT2D eigenvalue weighted by Crippen LogP contribution is 2.41. The molecule has 0 saturated heterocycles. The van der Waals surface area contributed by atoms with Crippen molar-refractivity contribution < 1.29 is 36.7 Å². The first-order chi connectivity index (χ1) is 26.7. The van der Waals surface area contributed by atoms with E-state index >= 15 is 0 Å². The highest BCUT2D eigenvalue weighted by atomic mass is 19.4. The predicted molar refractivity (Wildman–Crippen MR) is 206 cm³/mol. The van der Waals surface area contributed by atoms with Gasteiger partial charge >= 0.3 is 12.2 Å². The van der Waals surface area contributed by atoms with E-state index in [0.29, 0.717) is 29.5 Å². The standard InChI is InChI=1S/C43H51F4N5O4/c1-5-26(3)30(25-50-41(56)49-24-28-15-18-48-19-16-28)21-38(54)42(17-14-37-34(23-42)32-11-9-12-35(39(32)51-37)43(45,46)47)52-40(55)33(27(4)6-2)22-31(53)20-29-10-7-8-13-36(29)44/h7-13,15-16,18-19,26-27,30,33,51H,5-6,14,17,20-25H2,1-4H3,(H,52,55)(H2,49,50,56)/t26?,27?,30-,33+,42-/m1/s1. The fourth-order valence-corrected chi connectivity index (χ4v) is 7.67. The topological polar surface area (TPSA) is 133 Å². The molecule has 4 aromatic rings. The van der Waals surface area contributed by atoms with Crippen LogP contribution < -0.4 is 16.0 Å². The van der Waals surface area contributed by atoms with Gasteiger partial charge in [-0.1, -0.05) is 70.9 Å². The fourth-order valence-electron chi connectivity index (χ4n) is 7.67. The van der Waals surface area contributed by atoms with Crippen molar-refractivity contribution in [2.75, 3.05) is 6.54 Å². The van der Waals surface area contributed by atoms with Crippen molar-refractivity contribution >= 4 is 34.4 Å². The summed E-state index contributed by atoms with van der Waals surface area (Å²) >= 11 is 0. The molecule has 9 nitrogen and oxygen atoms in total. The number of hydrogen-bond acceptors (Lipinski definition) is 5. The van der Waals surface area contributed by atoms with Gasteiger partial charge in [-0.2, -0.15) is 13.2 Å². The molecule has 300 valence electrons. The van der Waals surface area contributed by atoms with Crippen molar-refractivity contribution in [2.45, 2.75) is 97.3 Å². The zero-order valence-corrected chi connectivity index (χ0v) is 32.3. The number of carbonyl (C=O) groups is 4. The third-order valence-electron chi connectivity index (χ3n) is 11.6. The molecule has 0 spiro atoms. The minimum atomic E-state index is -4.62. The largest absolute Gasteiger partial charge is 0.418 e. The number of fused-ring (bicyclic) bond motifs is 3. The Morgan fingerprint density at radius 3 is 2.30 bits per heavy atom. The molecule has 2 aromatic heterocycles. The molecule has 0 saturated carbocycles. The summed E-state index contributed by atoms with van der Waals surface area (Å²) in [6.07, 6.45) is -0.270. The van der Waals surface area contributed by atoms with Gasteiger partial charge in [0.2, 0.25) is 5.91 Å². The number of pyridine rings is 1. The first kappa shape index (κ1) is 42.1. The summed E-state index contributed by atoms with van der Waals surface area (Å²) in [5.41, 5.74) is -0.225. The van der Waals surface area contributed by atoms with Crippen LogP contribution in [0.5, 0.6) is 0 Å². The lowest BCUT2D eigenvalue weighted by molar-refractivity contribution is -0.137. The van der Waals surface area contributed by atoms with Crippen molar-refractivity contribution in [1.82, 2.24) is 25.9 Å². The fraction of sp³-hybridized carbons (Fsp3) is 0.465. The second-order valence-corrected chi connectivity index (χ2v) is 15.3. The molecule has 0 bridgehead atoms. The van der Waals surface area contributed by atoms with Crippen LogP contribution >= 0.6 is 0 Å². The predicted octanol–water partition coefficient (Wildman–Crippen LogP) is 8.05. The number of aryl methyl sites for hydroxylation is 1. The van der Waals surface area contributed by atoms with Gasteiger partial charge in [0.05, 0.1) is 11.1 Å². The van der Waals surface area contributed by atoms with E-state index in [-0.39, 0.29) is 92.0 Å². The van der Waals surface area contributed by atoms with Crippen molar-refractivity contribution in [2.24, 2.45) is 23.7 Å². The molecule has 2 aromatic carbocycles. The normalized spacial score (nSPS) is 17.6. The summed E-state index contributed by atoms with van der Waals surface area (Å²) in [5.74, 6) is -3.14. The summed E-state index contributed by atoms with van der Waals surface area (Å²) in [5, 5.41) is 9.11. The van der Waals surface area contributed by atoms with Crippen LogP contribution in [0.1, 0.15) is 87.7 Å². The maximum atomic E-state index is 14.9. The average Bonchev–Trinajstić information content (AvgIpc) is 3.55. The molecule has 1 aliphatic carbocycles. The number of rotatable bonds is 17. The molecule has 5 rings (SSSR count). The number of Topliss-reactive ketones (excluding diaryl/α,β-unsaturated/α-hetero) is 2. The van der Waals surface area contributed by atoms with Crippen LogP contribution in [-0.2, 0) is 46.4 Å². The van der Waals surface area contributed by atoms with E-state index in [1.807, 2.05) is 27.7 Å². The van der Waals surface area contributed by atoms with Crippen molar-refractivity contribution in [3.8, 4) is 0 Å². The van der Waals surface area contributed by atoms with Gasteiger partial charge < -0.3 is 20.9 Å². The first-order valence-electron chi connectivity index (χ1n) is 19.4. The summed E-state index contributed by atoms with van der Waals surface area (Å²) in [4.78, 5) is 62.4. The van der Waals surface area contributed by atoms with Gasteiger partial charge in [-0.3, -0.25) is 19.4 Å². The summed E-state index contributed by atoms with van der Waals surface area (Å²) in [6.45, 7) is 8.14. The summed E-state index contributed by atoms with van der Waals surface area (Å²) in [7, 11) is 0. The number of nitrogens with one attached hydrogen (secondary N) is 4. The molecule has 0 aliphatic heterocycles. The van der Waals surface area contributed by atoms with Crippen LogP contribution in [0, 0.1) is 29.5 Å². The van der Waals surface area contributed by atoms with Crippen LogP contribution in [0.3, 0.4) is 0 Å². The van der Waals surface area contributed by atoms with Crippen molar-refractivity contribution in [3.05, 3.63) is 101 Å². The Morgan fingerprint density at radius 1 is 0.911 bits per heavy atom. The maximum Gasteiger partial charge on any atom is 0.418 e. The Bertz CT molecular complexity index is 2020. The van der Waals surface area contributed by atoms with E-state index in [1.165, 1.54) is 24.3 Å². The third-order valence-corrected chi connectivity index (χ3v) is 11.6. The smallest absolute Gasteiger partial charge is 0.358 e. The van der Waals surface area contributed by atoms with Gasteiger partial charge in [0, 0.05) is 68.2 Å². The zero-order valence-electron chi connectivity index (χ0n) is 32.3. The SMILES string of the molecule is CCC(C)[C@@H](CNC(=O)NCc1ccncc1)CC(=O)[C@@]1(NC(=O)[C@@H](CC(=O)Cc2ccccc2F)C(C)CC)CCc2[nH]c3c(C(F)(F)F)cccc3c2C1. The molecule has 3 amide bonds. The number of amides is 3. The van der Waals surface area contributed by atoms with E-state index < -0.39 is 41.0 Å². The van der Waals surface area contributed by atoms with Gasteiger partial charge in [-0.05, 0) is 71.6 Å². The van der Waals surface area contributed by atoms with Gasteiger partial charge in [0.15, 0.2) is 5.78 Å². The molecule has 13 heteroatoms. The molecule has 2 unspecified atom stereocenters. The number of alkyl halides is 3. The second-order valence-electron chi connectivity index (χ2n) is 15.3. The maximum absolute atomic E-state index is 14.9. The quantitative estimate of drug-likeness (QED) is 0.0806. The molecule has 1 aliphatic rings. The molecular formula is C43H51F4N5O4. The lowest BCUT2D eigenvalue weighted by atomic mass is 9.72. The average molecular weight is 778 g/mol. The second kappa shape index (κ2) is 18.3. The van der Waals surface area contributed by atoms with E-state index in [2.05, 4.69) is 25.9 Å². The highest BCUT2D eigenvalue weighted by Gasteiger charge is 2.46. The number of hydrogen-bond donors (Lipinski definition) is 4. The van der Waals surface area contributed by atoms with E-state index in [0.717, 1.165) is 11.6 Å². The van der Waals surface area contributed by atoms with Gasteiger partial charge in [0.1, 0.15) is 17.1 Å². The Morgan fingerprint density at radius 2 is 1.62 bits per heavy atom. The molecule has 4 N–H and O–H groups in total. The number of para-hydroxylation sites is 1. The van der Waals surface area contributed by atoms with E-state index in [1.54, 1.807) is 36.7 Å². The number of ketones is 2. The molecular weight excluding hydrogens is 726 g/mol. The Balaban J connectivity index is 1.44. The minimum Gasteiger partial charge on any atom is -0.358 e. The number of nitrogens with zero attached hydrogens (tertiary/aromatic N) is 1. The van der Waals surface area contributed by atoms with Crippen LogP contribution in [0.15, 0.2) is 67.0 Å². The molecule has 0 radical (unpaired) electrons. The Hall–Kier alpha value is -5.07. The number of halogens is 4. The first-order valence-corrected chi connectivity index (χ1v) is 19.4. The lowest BCUT2D eigenvalue weighted by Gasteiger charge is -2.40. The van der Waals surface area contributed by atoms with Crippen LogP contribution in [0.25, 0.3) is 10.9 Å². The van der Waals surface area contributed by atoms with Crippen LogP contribution in [0.4, 0.5) is 22.4 Å². The number of aromatic nitrogens is 2. The van der Waals surface area contributed by atoms with Crippen LogP contribution in [-0.4, -0.2) is 45.6 Å².